The Morgan fingerprint density at radius 2 is 1.67 bits per heavy atom. The maximum atomic E-state index is 14.4. The van der Waals surface area contributed by atoms with Gasteiger partial charge >= 0.3 is 11.8 Å². The molecule has 2 heterocycles. The summed E-state index contributed by atoms with van der Waals surface area (Å²) in [7, 11) is 0. The Kier molecular flexibility index (Phi) is 5.83. The number of aromatic hydroxyl groups is 1. The van der Waals surface area contributed by atoms with Crippen molar-refractivity contribution < 1.29 is 27.1 Å². The van der Waals surface area contributed by atoms with Crippen molar-refractivity contribution in [2.75, 3.05) is 0 Å². The molecule has 5 aromatic rings. The molecule has 0 aliphatic rings. The first kappa shape index (κ1) is 23.7. The number of para-hydroxylation sites is 1. The summed E-state index contributed by atoms with van der Waals surface area (Å²) in [6, 6.07) is 16.6. The quantitative estimate of drug-likeness (QED) is 0.230. The van der Waals surface area contributed by atoms with Gasteiger partial charge in [-0.2, -0.15) is 13.2 Å². The van der Waals surface area contributed by atoms with E-state index in [2.05, 4.69) is 0 Å². The van der Waals surface area contributed by atoms with E-state index in [1.54, 1.807) is 30.3 Å². The van der Waals surface area contributed by atoms with Crippen molar-refractivity contribution in [2.24, 2.45) is 0 Å². The van der Waals surface area contributed by atoms with Gasteiger partial charge in [0.1, 0.15) is 16.1 Å². The van der Waals surface area contributed by atoms with E-state index in [0.717, 1.165) is 12.1 Å². The Hall–Kier alpha value is -4.05. The van der Waals surface area contributed by atoms with Crippen LogP contribution in [-0.4, -0.2) is 9.67 Å². The minimum absolute atomic E-state index is 0.0132. The predicted octanol–water partition coefficient (Wildman–Crippen LogP) is 6.17. The molecule has 182 valence electrons. The van der Waals surface area contributed by atoms with E-state index in [1.165, 1.54) is 34.9 Å². The number of rotatable bonds is 4. The van der Waals surface area contributed by atoms with Gasteiger partial charge in [0.05, 0.1) is 17.6 Å². The molecule has 0 radical (unpaired) electrons. The van der Waals surface area contributed by atoms with E-state index in [-0.39, 0.29) is 28.0 Å². The third-order valence-electron chi connectivity index (χ3n) is 5.63. The van der Waals surface area contributed by atoms with Crippen molar-refractivity contribution >= 4 is 33.6 Å². The fourth-order valence-corrected chi connectivity index (χ4v) is 4.83. The van der Waals surface area contributed by atoms with Gasteiger partial charge in [-0.15, -0.1) is 0 Å². The number of hydrogen-bond acceptors (Lipinski definition) is 5. The first-order valence-electron chi connectivity index (χ1n) is 10.5. The number of aromatic nitrogens is 1. The van der Waals surface area contributed by atoms with Gasteiger partial charge in [0.25, 0.3) is 5.56 Å². The largest absolute Gasteiger partial charge is 0.505 e. The molecule has 0 saturated carbocycles. The highest BCUT2D eigenvalue weighted by Gasteiger charge is 2.31. The fourth-order valence-electron chi connectivity index (χ4n) is 3.94. The van der Waals surface area contributed by atoms with Gasteiger partial charge in [0, 0.05) is 15.8 Å². The molecule has 2 aromatic heterocycles. The summed E-state index contributed by atoms with van der Waals surface area (Å²) in [4.78, 5) is 25.9. The number of hydrogen-bond donors (Lipinski definition) is 1. The zero-order valence-electron chi connectivity index (χ0n) is 18.2. The summed E-state index contributed by atoms with van der Waals surface area (Å²) in [5, 5.41) is 11.0. The van der Waals surface area contributed by atoms with E-state index < -0.39 is 39.4 Å². The van der Waals surface area contributed by atoms with Gasteiger partial charge in [-0.3, -0.25) is 4.79 Å². The molecule has 10 heteroatoms. The summed E-state index contributed by atoms with van der Waals surface area (Å²) < 4.78 is 60.4. The van der Waals surface area contributed by atoms with Crippen LogP contribution >= 0.6 is 11.8 Å². The van der Waals surface area contributed by atoms with Crippen LogP contribution in [0.5, 0.6) is 5.75 Å². The van der Waals surface area contributed by atoms with Gasteiger partial charge < -0.3 is 14.1 Å². The van der Waals surface area contributed by atoms with Crippen LogP contribution in [0.4, 0.5) is 17.6 Å². The zero-order valence-corrected chi connectivity index (χ0v) is 19.0. The molecule has 0 spiro atoms. The molecule has 0 saturated heterocycles. The van der Waals surface area contributed by atoms with Crippen LogP contribution in [0.1, 0.15) is 11.1 Å². The van der Waals surface area contributed by atoms with Gasteiger partial charge in [-0.25, -0.2) is 9.18 Å². The van der Waals surface area contributed by atoms with E-state index in [4.69, 9.17) is 4.42 Å². The summed E-state index contributed by atoms with van der Waals surface area (Å²) in [5.41, 5.74) is -2.30. The van der Waals surface area contributed by atoms with Crippen LogP contribution in [0.15, 0.2) is 96.6 Å². The van der Waals surface area contributed by atoms with Gasteiger partial charge in [0.2, 0.25) is 0 Å². The summed E-state index contributed by atoms with van der Waals surface area (Å²) in [6.45, 7) is -0.170. The molecule has 1 N–H and O–H groups in total. The summed E-state index contributed by atoms with van der Waals surface area (Å²) in [5.74, 6) is -1.25. The molecule has 0 aliphatic carbocycles. The van der Waals surface area contributed by atoms with Crippen LogP contribution in [0.3, 0.4) is 0 Å². The highest BCUT2D eigenvalue weighted by Crippen LogP contribution is 2.39. The molecule has 0 unspecified atom stereocenters. The molecular weight excluding hydrogens is 498 g/mol. The van der Waals surface area contributed by atoms with Crippen molar-refractivity contribution in [3.63, 3.8) is 0 Å². The first-order chi connectivity index (χ1) is 17.1. The summed E-state index contributed by atoms with van der Waals surface area (Å²) in [6.07, 6.45) is -4.61. The monoisotopic (exact) mass is 513 g/mol. The molecule has 3 aromatic carbocycles. The summed E-state index contributed by atoms with van der Waals surface area (Å²) >= 11 is 0.548. The molecule has 0 aliphatic heterocycles. The number of fused-ring (bicyclic) bond motifs is 3. The fraction of sp³-hybridized carbons (Fsp3) is 0.0769. The number of alkyl halides is 3. The minimum atomic E-state index is -4.61. The smallest absolute Gasteiger partial charge is 0.416 e. The number of nitrogens with zero attached hydrogens (tertiary/aromatic N) is 1. The normalized spacial score (nSPS) is 11.9. The molecule has 5 rings (SSSR count). The number of pyridine rings is 1. The molecule has 0 amide bonds. The Balaban J connectivity index is 1.74. The van der Waals surface area contributed by atoms with E-state index >= 15 is 0 Å². The zero-order chi connectivity index (χ0) is 25.6. The predicted molar refractivity (Wildman–Crippen MR) is 127 cm³/mol. The molecular formula is C26H15F4NO4S. The van der Waals surface area contributed by atoms with Crippen LogP contribution in [0, 0.1) is 5.82 Å². The van der Waals surface area contributed by atoms with E-state index in [9.17, 15) is 32.3 Å². The SMILES string of the molecule is O=c1oc2c(c(O)c1Sc1cccc(C(F)(F)F)c1)c(=O)n(Cc1ccccc1F)c1ccccc21. The number of halogens is 4. The van der Waals surface area contributed by atoms with Crippen LogP contribution < -0.4 is 11.2 Å². The lowest BCUT2D eigenvalue weighted by molar-refractivity contribution is -0.137. The molecule has 0 fully saturated rings. The molecule has 36 heavy (non-hydrogen) atoms. The second-order valence-corrected chi connectivity index (χ2v) is 8.98. The van der Waals surface area contributed by atoms with E-state index in [1.807, 2.05) is 0 Å². The topological polar surface area (TPSA) is 72.4 Å². The van der Waals surface area contributed by atoms with Crippen LogP contribution in [-0.2, 0) is 12.7 Å². The minimum Gasteiger partial charge on any atom is -0.505 e. The lowest BCUT2D eigenvalue weighted by atomic mass is 10.1. The third-order valence-corrected chi connectivity index (χ3v) is 6.68. The average molecular weight is 513 g/mol. The molecule has 0 atom stereocenters. The molecule has 5 nitrogen and oxygen atoms in total. The van der Waals surface area contributed by atoms with Crippen molar-refractivity contribution in [3.8, 4) is 5.75 Å². The molecule has 0 bridgehead atoms. The second-order valence-electron chi connectivity index (χ2n) is 7.90. The Morgan fingerprint density at radius 1 is 0.944 bits per heavy atom. The highest BCUT2D eigenvalue weighted by molar-refractivity contribution is 7.99. The lowest BCUT2D eigenvalue weighted by Crippen LogP contribution is -2.23. The average Bonchev–Trinajstić information content (AvgIpc) is 2.85. The van der Waals surface area contributed by atoms with Crippen molar-refractivity contribution in [2.45, 2.75) is 22.5 Å². The van der Waals surface area contributed by atoms with Crippen molar-refractivity contribution in [1.82, 2.24) is 4.57 Å². The third kappa shape index (κ3) is 4.13. The first-order valence-corrected chi connectivity index (χ1v) is 11.4. The van der Waals surface area contributed by atoms with Crippen molar-refractivity contribution in [3.05, 3.63) is 111 Å². The standard InChI is InChI=1S/C26H15F4NO4S/c27-18-10-3-1-6-14(18)13-31-19-11-4-2-9-17(19)22-20(24(31)33)21(32)23(25(34)35-22)36-16-8-5-7-15(12-16)26(28,29)30/h1-12,32H,13H2. The maximum absolute atomic E-state index is 14.4. The number of benzene rings is 3. The van der Waals surface area contributed by atoms with Gasteiger partial charge in [-0.1, -0.05) is 48.2 Å². The highest BCUT2D eigenvalue weighted by atomic mass is 32.2. The lowest BCUT2D eigenvalue weighted by Gasteiger charge is -2.14. The van der Waals surface area contributed by atoms with Crippen LogP contribution in [0.2, 0.25) is 0 Å². The van der Waals surface area contributed by atoms with Crippen molar-refractivity contribution in [1.29, 1.82) is 0 Å². The second kappa shape index (κ2) is 8.87. The van der Waals surface area contributed by atoms with Gasteiger partial charge in [0.15, 0.2) is 11.3 Å². The maximum Gasteiger partial charge on any atom is 0.416 e. The van der Waals surface area contributed by atoms with E-state index in [0.29, 0.717) is 22.7 Å². The van der Waals surface area contributed by atoms with Gasteiger partial charge in [-0.05, 0) is 36.4 Å². The Labute approximate surface area is 204 Å². The Bertz CT molecular complexity index is 1760. The van der Waals surface area contributed by atoms with Crippen LogP contribution in [0.25, 0.3) is 21.9 Å². The Morgan fingerprint density at radius 3 is 2.42 bits per heavy atom.